The van der Waals surface area contributed by atoms with Gasteiger partial charge in [-0.1, -0.05) is 0 Å². The minimum absolute atomic E-state index is 0. The second-order valence-corrected chi connectivity index (χ2v) is 4.02. The third-order valence-electron chi connectivity index (χ3n) is 2.66. The smallest absolute Gasteiger partial charge is 0.126 e. The molecule has 0 amide bonds. The minimum Gasteiger partial charge on any atom is -0.307 e. The normalized spacial score (nSPS) is 10.3. The Bertz CT molecular complexity index is 508. The molecule has 1 heterocycles. The van der Waals surface area contributed by atoms with Crippen molar-refractivity contribution in [1.82, 2.24) is 15.1 Å². The summed E-state index contributed by atoms with van der Waals surface area (Å²) in [6.07, 6.45) is 1.74. The molecule has 0 aliphatic rings. The van der Waals surface area contributed by atoms with E-state index in [2.05, 4.69) is 10.4 Å². The van der Waals surface area contributed by atoms with Crippen LogP contribution in [0.2, 0.25) is 0 Å². The van der Waals surface area contributed by atoms with Gasteiger partial charge in [-0.25, -0.2) is 8.78 Å². The number of nitrogens with zero attached hydrogens (tertiary/aromatic N) is 2. The van der Waals surface area contributed by atoms with Crippen LogP contribution in [0.4, 0.5) is 8.78 Å². The van der Waals surface area contributed by atoms with Gasteiger partial charge in [-0.2, -0.15) is 5.10 Å². The number of hydrogen-bond donors (Lipinski definition) is 1. The number of rotatable bonds is 5. The van der Waals surface area contributed by atoms with Crippen LogP contribution in [0.15, 0.2) is 30.5 Å². The third kappa shape index (κ3) is 4.29. The van der Waals surface area contributed by atoms with E-state index in [4.69, 9.17) is 0 Å². The van der Waals surface area contributed by atoms with E-state index in [1.165, 1.54) is 12.1 Å². The number of aromatic nitrogens is 2. The van der Waals surface area contributed by atoms with Gasteiger partial charge in [-0.15, -0.1) is 12.4 Å². The van der Waals surface area contributed by atoms with Crippen LogP contribution in [0.25, 0.3) is 0 Å². The van der Waals surface area contributed by atoms with E-state index < -0.39 is 11.6 Å². The average molecular weight is 288 g/mol. The molecule has 3 nitrogen and oxygen atoms in total. The lowest BCUT2D eigenvalue weighted by atomic mass is 10.2. The molecule has 0 aliphatic heterocycles. The van der Waals surface area contributed by atoms with Gasteiger partial charge in [0.2, 0.25) is 0 Å². The highest BCUT2D eigenvalue weighted by Gasteiger charge is 2.02. The average Bonchev–Trinajstić information content (AvgIpc) is 2.75. The van der Waals surface area contributed by atoms with Gasteiger partial charge in [0.25, 0.3) is 0 Å². The maximum absolute atomic E-state index is 13.0. The molecule has 0 radical (unpaired) electrons. The van der Waals surface area contributed by atoms with Crippen molar-refractivity contribution in [3.63, 3.8) is 0 Å². The Balaban J connectivity index is 0.00000180. The van der Waals surface area contributed by atoms with E-state index in [-0.39, 0.29) is 12.4 Å². The Morgan fingerprint density at radius 2 is 1.84 bits per heavy atom. The van der Waals surface area contributed by atoms with Gasteiger partial charge in [0.05, 0.1) is 5.69 Å². The van der Waals surface area contributed by atoms with Crippen LogP contribution < -0.4 is 5.32 Å². The molecule has 0 aliphatic carbocycles. The minimum atomic E-state index is -0.551. The van der Waals surface area contributed by atoms with Crippen molar-refractivity contribution >= 4 is 12.4 Å². The SMILES string of the molecule is CCn1nccc1CNCc1cc(F)cc(F)c1.Cl. The quantitative estimate of drug-likeness (QED) is 0.916. The van der Waals surface area contributed by atoms with Crippen molar-refractivity contribution in [3.05, 3.63) is 53.4 Å². The first-order chi connectivity index (χ1) is 8.69. The predicted molar refractivity (Wildman–Crippen MR) is 72.1 cm³/mol. The van der Waals surface area contributed by atoms with E-state index in [0.717, 1.165) is 18.3 Å². The van der Waals surface area contributed by atoms with Gasteiger partial charge < -0.3 is 5.32 Å². The van der Waals surface area contributed by atoms with Crippen LogP contribution in [0, 0.1) is 11.6 Å². The van der Waals surface area contributed by atoms with Gasteiger partial charge in [-0.05, 0) is 30.7 Å². The van der Waals surface area contributed by atoms with E-state index >= 15 is 0 Å². The van der Waals surface area contributed by atoms with Crippen molar-refractivity contribution in [2.24, 2.45) is 0 Å². The molecular weight excluding hydrogens is 272 g/mol. The fourth-order valence-electron chi connectivity index (χ4n) is 1.84. The van der Waals surface area contributed by atoms with Crippen LogP contribution in [-0.4, -0.2) is 9.78 Å². The highest BCUT2D eigenvalue weighted by atomic mass is 35.5. The number of benzene rings is 1. The van der Waals surface area contributed by atoms with Crippen molar-refractivity contribution in [1.29, 1.82) is 0 Å². The van der Waals surface area contributed by atoms with Crippen molar-refractivity contribution in [2.45, 2.75) is 26.6 Å². The second-order valence-electron chi connectivity index (χ2n) is 4.02. The summed E-state index contributed by atoms with van der Waals surface area (Å²) in [5, 5.41) is 7.28. The van der Waals surface area contributed by atoms with Crippen LogP contribution in [0.1, 0.15) is 18.2 Å². The summed E-state index contributed by atoms with van der Waals surface area (Å²) < 4.78 is 27.8. The second kappa shape index (κ2) is 7.21. The number of hydrogen-bond acceptors (Lipinski definition) is 2. The molecule has 0 spiro atoms. The maximum Gasteiger partial charge on any atom is 0.126 e. The summed E-state index contributed by atoms with van der Waals surface area (Å²) in [5.74, 6) is -1.10. The lowest BCUT2D eigenvalue weighted by Crippen LogP contribution is -2.16. The molecule has 0 saturated heterocycles. The van der Waals surface area contributed by atoms with Crippen LogP contribution in [-0.2, 0) is 19.6 Å². The number of aryl methyl sites for hydroxylation is 1. The highest BCUT2D eigenvalue weighted by molar-refractivity contribution is 5.85. The Kier molecular flexibility index (Phi) is 5.92. The van der Waals surface area contributed by atoms with Crippen LogP contribution >= 0.6 is 12.4 Å². The predicted octanol–water partition coefficient (Wildman–Crippen LogP) is 2.89. The number of nitrogens with one attached hydrogen (secondary N) is 1. The summed E-state index contributed by atoms with van der Waals surface area (Å²) in [6, 6.07) is 5.44. The third-order valence-corrected chi connectivity index (χ3v) is 2.66. The number of halogens is 3. The Morgan fingerprint density at radius 3 is 2.47 bits per heavy atom. The van der Waals surface area contributed by atoms with Crippen LogP contribution in [0.3, 0.4) is 0 Å². The summed E-state index contributed by atoms with van der Waals surface area (Å²) in [5.41, 5.74) is 1.64. The van der Waals surface area contributed by atoms with E-state index in [9.17, 15) is 8.78 Å². The Morgan fingerprint density at radius 1 is 1.16 bits per heavy atom. The van der Waals surface area contributed by atoms with Crippen molar-refractivity contribution in [2.75, 3.05) is 0 Å². The van der Waals surface area contributed by atoms with Crippen LogP contribution in [0.5, 0.6) is 0 Å². The van der Waals surface area contributed by atoms with Gasteiger partial charge >= 0.3 is 0 Å². The molecule has 19 heavy (non-hydrogen) atoms. The molecule has 1 aromatic carbocycles. The lowest BCUT2D eigenvalue weighted by Gasteiger charge is -2.07. The molecular formula is C13H16ClF2N3. The van der Waals surface area contributed by atoms with E-state index in [1.54, 1.807) is 6.20 Å². The Hall–Kier alpha value is -1.46. The zero-order valence-electron chi connectivity index (χ0n) is 10.6. The van der Waals surface area contributed by atoms with E-state index in [0.29, 0.717) is 18.7 Å². The molecule has 0 unspecified atom stereocenters. The molecule has 2 aromatic rings. The fourth-order valence-corrected chi connectivity index (χ4v) is 1.84. The maximum atomic E-state index is 13.0. The monoisotopic (exact) mass is 287 g/mol. The molecule has 0 bridgehead atoms. The highest BCUT2D eigenvalue weighted by Crippen LogP contribution is 2.08. The fraction of sp³-hybridized carbons (Fsp3) is 0.308. The first kappa shape index (κ1) is 15.6. The molecule has 0 saturated carbocycles. The van der Waals surface area contributed by atoms with Crippen molar-refractivity contribution < 1.29 is 8.78 Å². The molecule has 6 heteroatoms. The zero-order chi connectivity index (χ0) is 13.0. The van der Waals surface area contributed by atoms with E-state index in [1.807, 2.05) is 17.7 Å². The first-order valence-corrected chi connectivity index (χ1v) is 5.85. The zero-order valence-corrected chi connectivity index (χ0v) is 11.4. The first-order valence-electron chi connectivity index (χ1n) is 5.85. The summed E-state index contributed by atoms with van der Waals surface area (Å²) in [7, 11) is 0. The molecule has 1 N–H and O–H groups in total. The molecule has 0 atom stereocenters. The van der Waals surface area contributed by atoms with Crippen molar-refractivity contribution in [3.8, 4) is 0 Å². The van der Waals surface area contributed by atoms with Gasteiger partial charge in [-0.3, -0.25) is 4.68 Å². The largest absolute Gasteiger partial charge is 0.307 e. The standard InChI is InChI=1S/C13H15F2N3.ClH/c1-2-18-13(3-4-17-18)9-16-8-10-5-11(14)7-12(15)6-10;/h3-7,16H,2,8-9H2,1H3;1H. The summed E-state index contributed by atoms with van der Waals surface area (Å²) in [6.45, 7) is 3.85. The summed E-state index contributed by atoms with van der Waals surface area (Å²) >= 11 is 0. The van der Waals surface area contributed by atoms with Gasteiger partial charge in [0.1, 0.15) is 11.6 Å². The molecule has 2 rings (SSSR count). The topological polar surface area (TPSA) is 29.9 Å². The summed E-state index contributed by atoms with van der Waals surface area (Å²) in [4.78, 5) is 0. The van der Waals surface area contributed by atoms with Gasteiger partial charge in [0, 0.05) is 31.9 Å². The molecule has 1 aromatic heterocycles. The molecule has 104 valence electrons. The lowest BCUT2D eigenvalue weighted by molar-refractivity contribution is 0.565. The molecule has 0 fully saturated rings. The van der Waals surface area contributed by atoms with Gasteiger partial charge in [0.15, 0.2) is 0 Å². The Labute approximate surface area is 117 Å².